The zero-order chi connectivity index (χ0) is 22.7. The van der Waals surface area contributed by atoms with Gasteiger partial charge in [-0.15, -0.1) is 0 Å². The first-order valence-corrected chi connectivity index (χ1v) is 10.0. The van der Waals surface area contributed by atoms with Gasteiger partial charge in [0.25, 0.3) is 0 Å². The predicted octanol–water partition coefficient (Wildman–Crippen LogP) is 5.43. The summed E-state index contributed by atoms with van der Waals surface area (Å²) in [5.41, 5.74) is 10.6. The van der Waals surface area contributed by atoms with Crippen LogP contribution in [0.15, 0.2) is 71.7 Å². The van der Waals surface area contributed by atoms with Gasteiger partial charge in [-0.1, -0.05) is 24.8 Å². The van der Waals surface area contributed by atoms with E-state index in [4.69, 9.17) is 19.6 Å². The van der Waals surface area contributed by atoms with E-state index < -0.39 is 0 Å². The van der Waals surface area contributed by atoms with Crippen LogP contribution in [-0.2, 0) is 6.54 Å². The predicted molar refractivity (Wildman–Crippen MR) is 128 cm³/mol. The van der Waals surface area contributed by atoms with E-state index >= 15 is 0 Å². The van der Waals surface area contributed by atoms with E-state index in [1.165, 1.54) is 14.2 Å². The number of hydrogen-bond donors (Lipinski definition) is 4. The first-order chi connectivity index (χ1) is 15.5. The normalized spacial score (nSPS) is 10.7. The smallest absolute Gasteiger partial charge is 0.203 e. The molecule has 0 atom stereocenters. The van der Waals surface area contributed by atoms with Crippen molar-refractivity contribution in [3.63, 3.8) is 0 Å². The van der Waals surface area contributed by atoms with Crippen LogP contribution in [-0.4, -0.2) is 19.3 Å². The van der Waals surface area contributed by atoms with E-state index in [1.54, 1.807) is 12.1 Å². The molecule has 0 amide bonds. The average Bonchev–Trinajstić information content (AvgIpc) is 3.22. The van der Waals surface area contributed by atoms with E-state index in [0.717, 1.165) is 22.2 Å². The summed E-state index contributed by atoms with van der Waals surface area (Å²) >= 11 is 0. The van der Waals surface area contributed by atoms with Gasteiger partial charge in [0.1, 0.15) is 5.58 Å². The summed E-state index contributed by atoms with van der Waals surface area (Å²) in [6.45, 7) is 4.62. The summed E-state index contributed by atoms with van der Waals surface area (Å²) in [7, 11) is 3.01. The van der Waals surface area contributed by atoms with Crippen molar-refractivity contribution < 1.29 is 19.0 Å². The van der Waals surface area contributed by atoms with Crippen molar-refractivity contribution in [2.45, 2.75) is 6.54 Å². The van der Waals surface area contributed by atoms with Crippen molar-refractivity contribution in [3.8, 4) is 17.2 Å². The highest BCUT2D eigenvalue weighted by atomic mass is 16.5. The zero-order valence-corrected chi connectivity index (χ0v) is 17.9. The molecule has 0 aliphatic rings. The minimum Gasteiger partial charge on any atom is -0.504 e. The number of methoxy groups -OCH3 is 2. The van der Waals surface area contributed by atoms with Gasteiger partial charge < -0.3 is 35.4 Å². The van der Waals surface area contributed by atoms with Crippen molar-refractivity contribution >= 4 is 33.7 Å². The number of nitrogens with two attached hydrogens (primary N) is 1. The summed E-state index contributed by atoms with van der Waals surface area (Å²) in [6, 6.07) is 18.8. The molecule has 1 heterocycles. The van der Waals surface area contributed by atoms with Gasteiger partial charge >= 0.3 is 0 Å². The lowest BCUT2D eigenvalue weighted by atomic mass is 10.1. The Morgan fingerprint density at radius 1 is 1.06 bits per heavy atom. The van der Waals surface area contributed by atoms with Crippen LogP contribution in [0.25, 0.3) is 16.7 Å². The number of ether oxygens (including phenoxy) is 2. The van der Waals surface area contributed by atoms with E-state index in [-0.39, 0.29) is 5.75 Å². The maximum atomic E-state index is 10.1. The van der Waals surface area contributed by atoms with Crippen molar-refractivity contribution in [3.05, 3.63) is 78.6 Å². The van der Waals surface area contributed by atoms with E-state index in [9.17, 15) is 5.11 Å². The Bertz CT molecular complexity index is 1280. The van der Waals surface area contributed by atoms with Crippen LogP contribution < -0.4 is 25.8 Å². The minimum atomic E-state index is 0.00865. The minimum absolute atomic E-state index is 0.00865. The highest BCUT2D eigenvalue weighted by molar-refractivity contribution is 5.86. The van der Waals surface area contributed by atoms with E-state index in [1.807, 2.05) is 48.5 Å². The number of anilines is 3. The molecule has 0 saturated heterocycles. The van der Waals surface area contributed by atoms with Crippen LogP contribution in [0.1, 0.15) is 11.3 Å². The molecule has 0 bridgehead atoms. The molecule has 0 spiro atoms. The Balaban J connectivity index is 1.49. The summed E-state index contributed by atoms with van der Waals surface area (Å²) in [5.74, 6) is 1.40. The highest BCUT2D eigenvalue weighted by Gasteiger charge is 2.12. The molecule has 0 aliphatic heterocycles. The Morgan fingerprint density at radius 3 is 2.62 bits per heavy atom. The fraction of sp³-hybridized carbons (Fsp3) is 0.120. The van der Waals surface area contributed by atoms with Crippen LogP contribution in [0, 0.1) is 0 Å². The Hall–Kier alpha value is -4.26. The number of hydrogen-bond acceptors (Lipinski definition) is 7. The van der Waals surface area contributed by atoms with Crippen molar-refractivity contribution in [1.82, 2.24) is 0 Å². The second-order valence-corrected chi connectivity index (χ2v) is 7.26. The lowest BCUT2D eigenvalue weighted by Gasteiger charge is -2.13. The Kier molecular flexibility index (Phi) is 5.81. The molecular formula is C25H25N3O4. The van der Waals surface area contributed by atoms with Crippen molar-refractivity contribution in [2.24, 2.45) is 0 Å². The number of rotatable bonds is 8. The molecule has 4 aromatic rings. The third kappa shape index (κ3) is 4.27. The molecule has 164 valence electrons. The zero-order valence-electron chi connectivity index (χ0n) is 17.9. The summed E-state index contributed by atoms with van der Waals surface area (Å²) in [4.78, 5) is 0. The first kappa shape index (κ1) is 21.0. The molecule has 3 aromatic carbocycles. The Labute approximate surface area is 186 Å². The fourth-order valence-electron chi connectivity index (χ4n) is 3.44. The van der Waals surface area contributed by atoms with Gasteiger partial charge in [0.15, 0.2) is 17.3 Å². The molecule has 1 aromatic heterocycles. The second-order valence-electron chi connectivity index (χ2n) is 7.26. The van der Waals surface area contributed by atoms with Gasteiger partial charge in [0.05, 0.1) is 31.3 Å². The molecule has 5 N–H and O–H groups in total. The number of aromatic hydroxyl groups is 1. The molecule has 0 saturated carbocycles. The number of para-hydroxylation sites is 2. The lowest BCUT2D eigenvalue weighted by Crippen LogP contribution is -2.00. The molecule has 0 fully saturated rings. The summed E-state index contributed by atoms with van der Waals surface area (Å²) < 4.78 is 16.4. The number of nitrogens with one attached hydrogen (secondary N) is 2. The standard InChI is InChI=1S/C25H25N3O4/c1-15(28-20-7-5-4-6-19(20)26)23-11-17-10-16(8-9-22(17)32-23)14-27-18-12-21(29)25(31-3)24(13-18)30-2/h4-13,27-29H,1,14,26H2,2-3H3. The maximum Gasteiger partial charge on any atom is 0.203 e. The fourth-order valence-corrected chi connectivity index (χ4v) is 3.44. The van der Waals surface area contributed by atoms with Crippen molar-refractivity contribution in [1.29, 1.82) is 0 Å². The number of furan rings is 1. The van der Waals surface area contributed by atoms with Crippen LogP contribution in [0.2, 0.25) is 0 Å². The molecule has 7 nitrogen and oxygen atoms in total. The highest BCUT2D eigenvalue weighted by Crippen LogP contribution is 2.39. The van der Waals surface area contributed by atoms with Gasteiger partial charge in [0.2, 0.25) is 5.75 Å². The molecule has 0 radical (unpaired) electrons. The molecule has 0 aliphatic carbocycles. The van der Waals surface area contributed by atoms with Gasteiger partial charge in [0, 0.05) is 29.8 Å². The van der Waals surface area contributed by atoms with Crippen LogP contribution >= 0.6 is 0 Å². The molecule has 0 unspecified atom stereocenters. The monoisotopic (exact) mass is 431 g/mol. The third-order valence-electron chi connectivity index (χ3n) is 5.08. The Morgan fingerprint density at radius 2 is 1.88 bits per heavy atom. The van der Waals surface area contributed by atoms with Crippen molar-refractivity contribution in [2.75, 3.05) is 30.6 Å². The number of benzene rings is 3. The van der Waals surface area contributed by atoms with Crippen LogP contribution in [0.4, 0.5) is 17.1 Å². The maximum absolute atomic E-state index is 10.1. The summed E-state index contributed by atoms with van der Waals surface area (Å²) in [5, 5.41) is 17.6. The number of phenolic OH excluding ortho intramolecular Hbond substituents is 1. The van der Waals surface area contributed by atoms with Gasteiger partial charge in [-0.2, -0.15) is 0 Å². The molecular weight excluding hydrogens is 406 g/mol. The molecule has 32 heavy (non-hydrogen) atoms. The topological polar surface area (TPSA) is 102 Å². The molecule has 7 heteroatoms. The van der Waals surface area contributed by atoms with Gasteiger partial charge in [-0.25, -0.2) is 0 Å². The SMILES string of the molecule is C=C(Nc1ccccc1N)c1cc2cc(CNc3cc(O)c(OC)c(OC)c3)ccc2o1. The third-order valence-corrected chi connectivity index (χ3v) is 5.08. The molecule has 4 rings (SSSR count). The average molecular weight is 431 g/mol. The number of nitrogen functional groups attached to an aromatic ring is 1. The number of fused-ring (bicyclic) bond motifs is 1. The van der Waals surface area contributed by atoms with E-state index in [0.29, 0.717) is 40.9 Å². The quantitative estimate of drug-likeness (QED) is 0.276. The largest absolute Gasteiger partial charge is 0.504 e. The second kappa shape index (κ2) is 8.85. The number of phenols is 1. The van der Waals surface area contributed by atoms with Gasteiger partial charge in [-0.05, 0) is 35.9 Å². The first-order valence-electron chi connectivity index (χ1n) is 10.0. The van der Waals surface area contributed by atoms with Crippen LogP contribution in [0.5, 0.6) is 17.2 Å². The lowest BCUT2D eigenvalue weighted by molar-refractivity contribution is 0.333. The van der Waals surface area contributed by atoms with Gasteiger partial charge in [-0.3, -0.25) is 0 Å². The summed E-state index contributed by atoms with van der Waals surface area (Å²) in [6.07, 6.45) is 0. The van der Waals surface area contributed by atoms with Crippen LogP contribution in [0.3, 0.4) is 0 Å². The van der Waals surface area contributed by atoms with E-state index in [2.05, 4.69) is 17.2 Å².